The lowest BCUT2D eigenvalue weighted by Crippen LogP contribution is -2.28. The van der Waals surface area contributed by atoms with E-state index in [1.807, 2.05) is 12.2 Å². The predicted octanol–water partition coefficient (Wildman–Crippen LogP) is 24.4. The first kappa shape index (κ1) is 61.4. The fourth-order valence-corrected chi connectivity index (χ4v) is 16.1. The molecule has 14 rings (SSSR count). The van der Waals surface area contributed by atoms with Gasteiger partial charge in [0.05, 0.1) is 17.6 Å². The largest absolute Gasteiger partial charge is 0.493 e. The van der Waals surface area contributed by atoms with Crippen LogP contribution < -0.4 is 9.64 Å². The van der Waals surface area contributed by atoms with Crippen LogP contribution in [0, 0.1) is 13.8 Å². The molecule has 1 heterocycles. The van der Waals surface area contributed by atoms with Crippen LogP contribution in [0.3, 0.4) is 0 Å². The van der Waals surface area contributed by atoms with Crippen LogP contribution in [0.4, 0.5) is 17.1 Å². The number of benzene rings is 12. The Morgan fingerprint density at radius 2 is 0.936 bits per heavy atom. The third-order valence-electron chi connectivity index (χ3n) is 19.7. The van der Waals surface area contributed by atoms with Gasteiger partial charge >= 0.3 is 0 Å². The highest BCUT2D eigenvalue weighted by molar-refractivity contribution is 8.32. The Morgan fingerprint density at radius 3 is 1.51 bits per heavy atom. The fraction of sp³-hybridized carbons (Fsp3) is 0.156. The van der Waals surface area contributed by atoms with Crippen molar-refractivity contribution in [1.82, 2.24) is 4.57 Å². The van der Waals surface area contributed by atoms with E-state index < -0.39 is 10.0 Å². The molecule has 1 aliphatic carbocycles. The van der Waals surface area contributed by atoms with E-state index >= 15 is 0 Å². The smallest absolute Gasteiger partial charge is 0.122 e. The quantitative estimate of drug-likeness (QED) is 0.0803. The van der Waals surface area contributed by atoms with Crippen molar-refractivity contribution in [2.45, 2.75) is 58.3 Å². The molecule has 0 bridgehead atoms. The average molecular weight is 1240 g/mol. The molecule has 464 valence electrons. The molecule has 0 saturated carbocycles. The fourth-order valence-electron chi connectivity index (χ4n) is 14.5. The number of aromatic nitrogens is 1. The van der Waals surface area contributed by atoms with Gasteiger partial charge in [-0.2, -0.15) is 0 Å². The van der Waals surface area contributed by atoms with Crippen LogP contribution in [0.5, 0.6) is 5.75 Å². The zero-order chi connectivity index (χ0) is 64.7. The van der Waals surface area contributed by atoms with Gasteiger partial charge in [0.2, 0.25) is 0 Å². The van der Waals surface area contributed by atoms with Gasteiger partial charge in [0.15, 0.2) is 0 Å². The molecule has 0 aliphatic heterocycles. The number of anilines is 3. The third kappa shape index (κ3) is 11.8. The normalized spacial score (nSPS) is 13.8. The summed E-state index contributed by atoms with van der Waals surface area (Å²) in [6.45, 7) is 19.8. The minimum absolute atomic E-state index is 0.0772. The molecule has 0 radical (unpaired) electrons. The summed E-state index contributed by atoms with van der Waals surface area (Å²) in [6, 6.07) is 102. The Labute approximate surface area is 558 Å². The molecule has 1 aromatic heterocycles. The number of nitrogens with zero attached hydrogens (tertiary/aromatic N) is 2. The highest BCUT2D eigenvalue weighted by Gasteiger charge is 2.45. The zero-order valence-electron chi connectivity index (χ0n) is 55.3. The topological polar surface area (TPSA) is 17.4 Å². The summed E-state index contributed by atoms with van der Waals surface area (Å²) in [7, 11) is -1.03. The van der Waals surface area contributed by atoms with Gasteiger partial charge in [-0.1, -0.05) is 234 Å². The Morgan fingerprint density at radius 1 is 0.447 bits per heavy atom. The van der Waals surface area contributed by atoms with Crippen LogP contribution >= 0.6 is 10.0 Å². The molecule has 1 aliphatic rings. The Balaban J connectivity index is 0.813. The van der Waals surface area contributed by atoms with Gasteiger partial charge in [0.1, 0.15) is 5.75 Å². The van der Waals surface area contributed by atoms with Crippen molar-refractivity contribution < 1.29 is 4.74 Å². The highest BCUT2D eigenvalue weighted by Crippen LogP contribution is 2.57. The van der Waals surface area contributed by atoms with Crippen molar-refractivity contribution in [3.8, 4) is 67.1 Å². The summed E-state index contributed by atoms with van der Waals surface area (Å²) in [5.41, 5.74) is 28.7. The second kappa shape index (κ2) is 25.4. The Bertz CT molecular complexity index is 4920. The lowest BCUT2D eigenvalue weighted by molar-refractivity contribution is 0.340. The average Bonchev–Trinajstić information content (AvgIpc) is 1.56. The van der Waals surface area contributed by atoms with Crippen molar-refractivity contribution in [1.29, 1.82) is 0 Å². The zero-order valence-corrected chi connectivity index (χ0v) is 56.1. The van der Waals surface area contributed by atoms with Gasteiger partial charge in [-0.05, 0) is 235 Å². The molecule has 1 unspecified atom stereocenters. The third-order valence-corrected chi connectivity index (χ3v) is 22.4. The van der Waals surface area contributed by atoms with Gasteiger partial charge in [0, 0.05) is 44.7 Å². The van der Waals surface area contributed by atoms with E-state index in [0.29, 0.717) is 6.61 Å². The first-order valence-electron chi connectivity index (χ1n) is 33.1. The summed E-state index contributed by atoms with van der Waals surface area (Å²) in [4.78, 5) is 2.47. The maximum absolute atomic E-state index is 6.69. The molecule has 1 atom stereocenters. The van der Waals surface area contributed by atoms with Gasteiger partial charge in [-0.25, -0.2) is 10.0 Å². The molecule has 4 heteroatoms. The first-order valence-corrected chi connectivity index (χ1v) is 35.9. The van der Waals surface area contributed by atoms with E-state index in [1.54, 1.807) is 0 Å². The van der Waals surface area contributed by atoms with Gasteiger partial charge in [-0.3, -0.25) is 0 Å². The molecular weight excluding hydrogens is 1160 g/mol. The highest BCUT2D eigenvalue weighted by atomic mass is 32.3. The van der Waals surface area contributed by atoms with Crippen LogP contribution in [0.1, 0.15) is 78.1 Å². The van der Waals surface area contributed by atoms with Gasteiger partial charge < -0.3 is 14.2 Å². The Hall–Kier alpha value is -10.1. The number of hydrogen-bond donors (Lipinski definition) is 0. The number of ether oxygens (including phenoxy) is 1. The SMILES string of the molecule is C=Cc1ccc(-c2ccc3c(c2)c2cc(-c4ccc(N(c5ccc(-c6ccc(C(C)(C)C)cc6)cc5)c5ccc6c(c5)C(CCCS(C)(C)CCOc5cc(C)c(-c7ccc(C=C)cc7)cc5C)(c5ccccc5)c5ccccc5-6)cc4)ccc2n3-c2ccccc2)cc1. The lowest BCUT2D eigenvalue weighted by atomic mass is 9.69. The Kier molecular flexibility index (Phi) is 16.6. The molecule has 0 amide bonds. The van der Waals surface area contributed by atoms with Crippen molar-refractivity contribution in [2.75, 3.05) is 35.5 Å². The number of hydrogen-bond acceptors (Lipinski definition) is 2. The summed E-state index contributed by atoms with van der Waals surface area (Å²) < 4.78 is 9.09. The van der Waals surface area contributed by atoms with Crippen molar-refractivity contribution in [2.24, 2.45) is 0 Å². The van der Waals surface area contributed by atoms with Crippen LogP contribution in [-0.2, 0) is 10.8 Å². The molecule has 0 saturated heterocycles. The number of para-hydroxylation sites is 1. The van der Waals surface area contributed by atoms with Crippen LogP contribution in [0.25, 0.3) is 95.3 Å². The molecule has 0 fully saturated rings. The van der Waals surface area contributed by atoms with E-state index in [9.17, 15) is 0 Å². The molecule has 0 N–H and O–H groups in total. The second-order valence-electron chi connectivity index (χ2n) is 27.2. The molecule has 94 heavy (non-hydrogen) atoms. The van der Waals surface area contributed by atoms with E-state index in [1.165, 1.54) is 99.7 Å². The number of aryl methyl sites for hydroxylation is 2. The first-order chi connectivity index (χ1) is 45.7. The van der Waals surface area contributed by atoms with Crippen LogP contribution in [0.2, 0.25) is 0 Å². The minimum Gasteiger partial charge on any atom is -0.493 e. The van der Waals surface area contributed by atoms with E-state index in [-0.39, 0.29) is 10.8 Å². The van der Waals surface area contributed by atoms with Crippen molar-refractivity contribution in [3.05, 3.63) is 331 Å². The van der Waals surface area contributed by atoms with Crippen LogP contribution in [-0.4, -0.2) is 35.2 Å². The van der Waals surface area contributed by atoms with Gasteiger partial charge in [0.25, 0.3) is 0 Å². The summed E-state index contributed by atoms with van der Waals surface area (Å²) in [5.74, 6) is 3.14. The minimum atomic E-state index is -1.03. The van der Waals surface area contributed by atoms with E-state index in [2.05, 4.69) is 343 Å². The van der Waals surface area contributed by atoms with Crippen molar-refractivity contribution >= 4 is 61.0 Å². The maximum atomic E-state index is 6.69. The summed E-state index contributed by atoms with van der Waals surface area (Å²) in [6.07, 6.45) is 10.9. The standard InChI is InChI=1S/C90H82N2OS/c1-10-64-27-31-68(32-28-64)71-41-51-86-82(59-71)83-60-72(42-52-87(83)92(86)75-23-16-13-17-24-75)69-39-47-77(48-40-69)91(76-45-37-67(38-46-76)66-35-43-73(44-36-66)89(5,6)7)78-49-50-80-79-25-18-19-26-84(79)90(85(80)61-78,74-21-14-12-15-22-74)53-20-55-94(8,9)56-54-93-88-58-62(3)81(57-63(88)4)70-33-29-65(11-2)30-34-70/h10-19,21-52,57-61H,1-2,20,53-56H2,3-9H3. The molecule has 3 nitrogen and oxygen atoms in total. The predicted molar refractivity (Wildman–Crippen MR) is 408 cm³/mol. The molecule has 12 aromatic carbocycles. The van der Waals surface area contributed by atoms with E-state index in [4.69, 9.17) is 4.74 Å². The monoisotopic (exact) mass is 1240 g/mol. The maximum Gasteiger partial charge on any atom is 0.122 e. The van der Waals surface area contributed by atoms with E-state index in [0.717, 1.165) is 75.1 Å². The van der Waals surface area contributed by atoms with Crippen molar-refractivity contribution in [3.63, 3.8) is 0 Å². The lowest BCUT2D eigenvalue weighted by Gasteiger charge is -2.37. The molecule has 13 aromatic rings. The molecular formula is C90H82N2OS. The summed E-state index contributed by atoms with van der Waals surface area (Å²) in [5, 5.41) is 2.44. The van der Waals surface area contributed by atoms with Gasteiger partial charge in [-0.15, -0.1) is 0 Å². The summed E-state index contributed by atoms with van der Waals surface area (Å²) >= 11 is 0. The number of fused-ring (bicyclic) bond motifs is 6. The molecule has 0 spiro atoms. The van der Waals surface area contributed by atoms with Crippen LogP contribution in [0.15, 0.2) is 286 Å². The second-order valence-corrected chi connectivity index (χ2v) is 31.5. The number of rotatable bonds is 19.